The van der Waals surface area contributed by atoms with Crippen molar-refractivity contribution in [1.82, 2.24) is 10.6 Å². The molecule has 0 fully saturated rings. The number of hydrogen-bond acceptors (Lipinski definition) is 3. The van der Waals surface area contributed by atoms with Crippen LogP contribution in [0.4, 0.5) is 9.18 Å². The average Bonchev–Trinajstić information content (AvgIpc) is 2.47. The average molecular weight is 312 g/mol. The lowest BCUT2D eigenvalue weighted by Crippen LogP contribution is -2.44. The fourth-order valence-electron chi connectivity index (χ4n) is 2.16. The second-order valence-corrected chi connectivity index (χ2v) is 5.63. The van der Waals surface area contributed by atoms with Gasteiger partial charge in [-0.05, 0) is 36.5 Å². The summed E-state index contributed by atoms with van der Waals surface area (Å²) in [6, 6.07) is 4.06. The molecule has 1 aromatic rings. The highest BCUT2D eigenvalue weighted by molar-refractivity contribution is 5.74. The predicted molar refractivity (Wildman–Crippen MR) is 83.5 cm³/mol. The van der Waals surface area contributed by atoms with Gasteiger partial charge >= 0.3 is 6.03 Å². The topological polar surface area (TPSA) is 70.6 Å². The summed E-state index contributed by atoms with van der Waals surface area (Å²) in [6.07, 6.45) is 1.29. The summed E-state index contributed by atoms with van der Waals surface area (Å²) in [7, 11) is 1.41. The lowest BCUT2D eigenvalue weighted by atomic mass is 10.0. The zero-order valence-corrected chi connectivity index (χ0v) is 13.4. The molecule has 1 atom stereocenters. The van der Waals surface area contributed by atoms with E-state index in [0.29, 0.717) is 18.9 Å². The predicted octanol–water partition coefficient (Wildman–Crippen LogP) is 2.08. The van der Waals surface area contributed by atoms with Gasteiger partial charge in [-0.3, -0.25) is 0 Å². The number of rotatable bonds is 8. The van der Waals surface area contributed by atoms with Gasteiger partial charge in [-0.25, -0.2) is 9.18 Å². The van der Waals surface area contributed by atoms with Gasteiger partial charge in [0.25, 0.3) is 0 Å². The Labute approximate surface area is 130 Å². The molecule has 1 unspecified atom stereocenters. The van der Waals surface area contributed by atoms with Gasteiger partial charge in [0.2, 0.25) is 0 Å². The van der Waals surface area contributed by atoms with Crippen LogP contribution in [0.5, 0.6) is 5.75 Å². The molecule has 5 nitrogen and oxygen atoms in total. The summed E-state index contributed by atoms with van der Waals surface area (Å²) in [5.74, 6) is 0.180. The van der Waals surface area contributed by atoms with Crippen LogP contribution in [0.25, 0.3) is 0 Å². The second-order valence-electron chi connectivity index (χ2n) is 5.63. The Hall–Kier alpha value is -1.82. The van der Waals surface area contributed by atoms with Crippen LogP contribution >= 0.6 is 0 Å². The molecule has 1 rings (SSSR count). The quantitative estimate of drug-likeness (QED) is 0.688. The van der Waals surface area contributed by atoms with Gasteiger partial charge in [0, 0.05) is 6.54 Å². The molecule has 2 amide bonds. The maximum Gasteiger partial charge on any atom is 0.315 e. The van der Waals surface area contributed by atoms with Crippen molar-refractivity contribution in [3.05, 3.63) is 29.6 Å². The Bertz CT molecular complexity index is 480. The van der Waals surface area contributed by atoms with Crippen molar-refractivity contribution in [3.63, 3.8) is 0 Å². The van der Waals surface area contributed by atoms with Crippen molar-refractivity contribution in [1.29, 1.82) is 0 Å². The molecule has 0 spiro atoms. The molecule has 0 aliphatic rings. The van der Waals surface area contributed by atoms with Crippen LogP contribution in [-0.2, 0) is 6.42 Å². The van der Waals surface area contributed by atoms with E-state index in [4.69, 9.17) is 4.74 Å². The number of aliphatic hydroxyl groups excluding tert-OH is 1. The van der Waals surface area contributed by atoms with Gasteiger partial charge < -0.3 is 20.5 Å². The van der Waals surface area contributed by atoms with Gasteiger partial charge in [-0.15, -0.1) is 0 Å². The first-order valence-corrected chi connectivity index (χ1v) is 7.43. The summed E-state index contributed by atoms with van der Waals surface area (Å²) in [5, 5.41) is 14.7. The van der Waals surface area contributed by atoms with Crippen molar-refractivity contribution < 1.29 is 19.0 Å². The number of benzene rings is 1. The van der Waals surface area contributed by atoms with Gasteiger partial charge in [-0.2, -0.15) is 0 Å². The van der Waals surface area contributed by atoms with E-state index in [1.165, 1.54) is 13.2 Å². The van der Waals surface area contributed by atoms with E-state index in [2.05, 4.69) is 10.6 Å². The Kier molecular flexibility index (Phi) is 7.66. The van der Waals surface area contributed by atoms with E-state index in [0.717, 1.165) is 12.0 Å². The van der Waals surface area contributed by atoms with Gasteiger partial charge in [0.1, 0.15) is 0 Å². The number of amides is 2. The molecule has 1 aromatic carbocycles. The molecule has 0 bridgehead atoms. The third kappa shape index (κ3) is 6.30. The third-order valence-corrected chi connectivity index (χ3v) is 3.23. The normalized spacial score (nSPS) is 12.1. The van der Waals surface area contributed by atoms with Gasteiger partial charge in [-0.1, -0.05) is 19.9 Å². The second kappa shape index (κ2) is 9.25. The first kappa shape index (κ1) is 18.2. The molecule has 0 saturated heterocycles. The Balaban J connectivity index is 2.38. The molecule has 0 aliphatic heterocycles. The summed E-state index contributed by atoms with van der Waals surface area (Å²) in [5.41, 5.74) is 0.874. The highest BCUT2D eigenvalue weighted by Gasteiger charge is 2.12. The highest BCUT2D eigenvalue weighted by Crippen LogP contribution is 2.18. The Morgan fingerprint density at radius 1 is 1.41 bits per heavy atom. The van der Waals surface area contributed by atoms with Crippen molar-refractivity contribution in [3.8, 4) is 5.75 Å². The Morgan fingerprint density at radius 2 is 2.14 bits per heavy atom. The monoisotopic (exact) mass is 312 g/mol. The van der Waals surface area contributed by atoms with Gasteiger partial charge in [0.15, 0.2) is 11.6 Å². The number of nitrogens with one attached hydrogen (secondary N) is 2. The fraction of sp³-hybridized carbons (Fsp3) is 0.562. The summed E-state index contributed by atoms with van der Waals surface area (Å²) in [4.78, 5) is 11.7. The molecular weight excluding hydrogens is 287 g/mol. The molecule has 22 heavy (non-hydrogen) atoms. The number of ether oxygens (including phenoxy) is 1. The van der Waals surface area contributed by atoms with Crippen LogP contribution in [0, 0.1) is 11.7 Å². The van der Waals surface area contributed by atoms with E-state index in [9.17, 15) is 14.3 Å². The number of aliphatic hydroxyl groups is 1. The number of methoxy groups -OCH3 is 1. The number of halogens is 1. The largest absolute Gasteiger partial charge is 0.494 e. The summed E-state index contributed by atoms with van der Waals surface area (Å²) < 4.78 is 18.2. The number of urea groups is 1. The van der Waals surface area contributed by atoms with Crippen molar-refractivity contribution in [2.75, 3.05) is 20.3 Å². The molecule has 124 valence electrons. The lowest BCUT2D eigenvalue weighted by Gasteiger charge is -2.18. The minimum atomic E-state index is -0.406. The van der Waals surface area contributed by atoms with Crippen molar-refractivity contribution in [2.45, 2.75) is 32.7 Å². The smallest absolute Gasteiger partial charge is 0.315 e. The fourth-order valence-corrected chi connectivity index (χ4v) is 2.16. The van der Waals surface area contributed by atoms with Crippen LogP contribution in [0.3, 0.4) is 0 Å². The zero-order valence-electron chi connectivity index (χ0n) is 13.4. The van der Waals surface area contributed by atoms with E-state index >= 15 is 0 Å². The molecule has 0 aromatic heterocycles. The molecule has 3 N–H and O–H groups in total. The van der Waals surface area contributed by atoms with E-state index < -0.39 is 5.82 Å². The molecule has 0 saturated carbocycles. The minimum absolute atomic E-state index is 0.0826. The van der Waals surface area contributed by atoms with Crippen LogP contribution in [0.15, 0.2) is 18.2 Å². The SMILES string of the molecule is COc1cc(CCNC(=O)NC(CO)CC(C)C)ccc1F. The van der Waals surface area contributed by atoms with E-state index in [1.807, 2.05) is 13.8 Å². The first-order valence-electron chi connectivity index (χ1n) is 7.43. The van der Waals surface area contributed by atoms with Crippen molar-refractivity contribution in [2.24, 2.45) is 5.92 Å². The third-order valence-electron chi connectivity index (χ3n) is 3.23. The van der Waals surface area contributed by atoms with Crippen LogP contribution < -0.4 is 15.4 Å². The van der Waals surface area contributed by atoms with Crippen LogP contribution in [0.2, 0.25) is 0 Å². The van der Waals surface area contributed by atoms with Crippen molar-refractivity contribution >= 4 is 6.03 Å². The summed E-state index contributed by atoms with van der Waals surface area (Å²) >= 11 is 0. The molecule has 0 heterocycles. The molecule has 0 aliphatic carbocycles. The first-order chi connectivity index (χ1) is 10.5. The maximum atomic E-state index is 13.3. The number of carbonyl (C=O) groups is 1. The Morgan fingerprint density at radius 3 is 2.73 bits per heavy atom. The van der Waals surface area contributed by atoms with Gasteiger partial charge in [0.05, 0.1) is 19.8 Å². The zero-order chi connectivity index (χ0) is 16.5. The molecule has 6 heteroatoms. The lowest BCUT2D eigenvalue weighted by molar-refractivity contribution is 0.207. The standard InChI is InChI=1S/C16H25FN2O3/c1-11(2)8-13(10-20)19-16(21)18-7-6-12-4-5-14(17)15(9-12)22-3/h4-5,9,11,13,20H,6-8,10H2,1-3H3,(H2,18,19,21). The highest BCUT2D eigenvalue weighted by atomic mass is 19.1. The van der Waals surface area contributed by atoms with Crippen LogP contribution in [-0.4, -0.2) is 37.4 Å². The van der Waals surface area contributed by atoms with E-state index in [1.54, 1.807) is 12.1 Å². The number of hydrogen-bond donors (Lipinski definition) is 3. The minimum Gasteiger partial charge on any atom is -0.494 e. The van der Waals surface area contributed by atoms with Crippen LogP contribution in [0.1, 0.15) is 25.8 Å². The molecular formula is C16H25FN2O3. The summed E-state index contributed by atoms with van der Waals surface area (Å²) in [6.45, 7) is 4.40. The van der Waals surface area contributed by atoms with E-state index in [-0.39, 0.29) is 24.4 Å². The number of carbonyl (C=O) groups excluding carboxylic acids is 1. The molecule has 0 radical (unpaired) electrons. The maximum absolute atomic E-state index is 13.3.